The van der Waals surface area contributed by atoms with Crippen LogP contribution in [-0.2, 0) is 27.4 Å². The summed E-state index contributed by atoms with van der Waals surface area (Å²) < 4.78 is 10.5. The van der Waals surface area contributed by atoms with Crippen LogP contribution < -0.4 is 26.3 Å². The number of Topliss-reactive ketones (excluding diaryl/α,β-unsaturated/α-hetero) is 1. The van der Waals surface area contributed by atoms with Crippen LogP contribution in [0.3, 0.4) is 0 Å². The fraction of sp³-hybridized carbons (Fsp3) is 0.294. The lowest BCUT2D eigenvalue weighted by Gasteiger charge is -2.29. The predicted octanol–water partition coefficient (Wildman–Crippen LogP) is 3.47. The predicted molar refractivity (Wildman–Crippen MR) is 206 cm³/mol. The molecule has 8 N–H and O–H groups in total. The van der Waals surface area contributed by atoms with Crippen LogP contribution in [0.2, 0.25) is 5.82 Å². The molecular formula is C34H39BN8O11S2. The van der Waals surface area contributed by atoms with Gasteiger partial charge in [0.1, 0.15) is 18.4 Å². The zero-order chi connectivity index (χ0) is 41.1. The van der Waals surface area contributed by atoms with Gasteiger partial charge in [0.2, 0.25) is 0 Å². The van der Waals surface area contributed by atoms with Crippen LogP contribution in [-0.4, -0.2) is 106 Å². The number of aromatic nitrogens is 2. The summed E-state index contributed by atoms with van der Waals surface area (Å²) in [5.74, 6) is -3.32. The van der Waals surface area contributed by atoms with Gasteiger partial charge in [-0.2, -0.15) is 0 Å². The second-order valence-corrected chi connectivity index (χ2v) is 14.3. The molecule has 0 saturated carbocycles. The number of aliphatic carboxylic acids is 1. The monoisotopic (exact) mass is 810 g/mol. The number of carbonyl (C=O) groups excluding carboxylic acids is 4. The summed E-state index contributed by atoms with van der Waals surface area (Å²) in [6.45, 7) is 0.0988. The van der Waals surface area contributed by atoms with Gasteiger partial charge < -0.3 is 50.8 Å². The number of hydrogen-bond acceptors (Lipinski definition) is 14. The van der Waals surface area contributed by atoms with E-state index in [0.717, 1.165) is 28.2 Å². The Morgan fingerprint density at radius 1 is 0.911 bits per heavy atom. The van der Waals surface area contributed by atoms with Gasteiger partial charge in [-0.05, 0) is 23.6 Å². The molecule has 0 saturated heterocycles. The van der Waals surface area contributed by atoms with Gasteiger partial charge in [0, 0.05) is 51.2 Å². The normalized spacial score (nSPS) is 13.9. The number of nitrogen functional groups attached to an aromatic ring is 1. The van der Waals surface area contributed by atoms with E-state index in [1.165, 1.54) is 35.3 Å². The molecule has 2 aromatic heterocycles. The Morgan fingerprint density at radius 2 is 1.54 bits per heavy atom. The summed E-state index contributed by atoms with van der Waals surface area (Å²) in [5.41, 5.74) is 7.47. The lowest BCUT2D eigenvalue weighted by atomic mass is 9.64. The lowest BCUT2D eigenvalue weighted by molar-refractivity contribution is -0.139. The third-order valence-corrected chi connectivity index (χ3v) is 9.37. The molecule has 56 heavy (non-hydrogen) atoms. The first-order valence-electron chi connectivity index (χ1n) is 16.6. The molecule has 1 aliphatic heterocycles. The Kier molecular flexibility index (Phi) is 14.7. The lowest BCUT2D eigenvalue weighted by Crippen LogP contribution is -2.42. The number of carboxylic acids is 2. The van der Waals surface area contributed by atoms with Gasteiger partial charge in [0.05, 0.1) is 17.0 Å². The van der Waals surface area contributed by atoms with Crippen molar-refractivity contribution in [2.24, 2.45) is 0 Å². The Balaban J connectivity index is 0.000000251. The van der Waals surface area contributed by atoms with Crippen LogP contribution in [0, 0.1) is 0 Å². The average molecular weight is 811 g/mol. The minimum atomic E-state index is -1.37. The standard InChI is InChI=1S/C18H21BN4O6S.C16H18N4O5S/c1-23(2)18(27)22-14(12-8-30-17(20)21-12)13(24)7-10-6-9-4-3-5-11(16(25)26)15(9)29-19(10)28;1-20(2)15(23)18-12(13(21)22)11-9-26-14(17-11)19-16(24)25-8-10-6-4-3-5-7-10/h3-5,8,10,14,28H,6-7H2,1-2H3,(H2,20,21)(H,22,27)(H,25,26);3-7,9,12H,8H2,1-2H3,(H,18,23)(H,21,22)(H,17,19,24)/t10-,14?;/m1./s1. The highest BCUT2D eigenvalue weighted by Crippen LogP contribution is 2.37. The van der Waals surface area contributed by atoms with Crippen LogP contribution in [0.5, 0.6) is 5.75 Å². The van der Waals surface area contributed by atoms with Gasteiger partial charge in [-0.1, -0.05) is 42.5 Å². The van der Waals surface area contributed by atoms with Crippen molar-refractivity contribution in [2.75, 3.05) is 39.2 Å². The fourth-order valence-corrected chi connectivity index (χ4v) is 6.36. The maximum absolute atomic E-state index is 13.0. The summed E-state index contributed by atoms with van der Waals surface area (Å²) in [7, 11) is 4.70. The zero-order valence-corrected chi connectivity index (χ0v) is 32.1. The van der Waals surface area contributed by atoms with Gasteiger partial charge in [0.25, 0.3) is 0 Å². The number of nitrogens with one attached hydrogen (secondary N) is 3. The van der Waals surface area contributed by atoms with Gasteiger partial charge in [-0.25, -0.2) is 33.9 Å². The summed E-state index contributed by atoms with van der Waals surface area (Å²) >= 11 is 2.18. The maximum atomic E-state index is 13.0. The second kappa shape index (κ2) is 19.4. The number of hydrogen-bond donors (Lipinski definition) is 7. The Bertz CT molecular complexity index is 2050. The van der Waals surface area contributed by atoms with Crippen molar-refractivity contribution in [3.63, 3.8) is 0 Å². The first kappa shape index (κ1) is 42.5. The van der Waals surface area contributed by atoms with Crippen molar-refractivity contribution >= 4 is 75.9 Å². The van der Waals surface area contributed by atoms with Crippen LogP contribution in [0.25, 0.3) is 0 Å². The molecule has 3 heterocycles. The summed E-state index contributed by atoms with van der Waals surface area (Å²) in [5, 5.41) is 39.8. The highest BCUT2D eigenvalue weighted by Gasteiger charge is 2.40. The molecule has 22 heteroatoms. The van der Waals surface area contributed by atoms with Crippen LogP contribution >= 0.6 is 22.7 Å². The van der Waals surface area contributed by atoms with E-state index in [1.54, 1.807) is 31.6 Å². The SMILES string of the molecule is CN(C)C(=O)NC(C(=O)C[C@H]1Cc2cccc(C(=O)O)c2OB1O)c1csc(N)n1.CN(C)C(=O)NC(C(=O)O)c1csc(NC(=O)OCc2ccccc2)n1. The largest absolute Gasteiger partial charge is 0.535 e. The minimum Gasteiger partial charge on any atom is -0.535 e. The molecule has 0 aliphatic carbocycles. The number of fused-ring (bicyclic) bond motifs is 1. The fourth-order valence-electron chi connectivity index (χ4n) is 5.05. The topological polar surface area (TPSA) is 276 Å². The molecule has 2 aromatic carbocycles. The molecule has 0 fully saturated rings. The Labute approximate surface area is 328 Å². The van der Waals surface area contributed by atoms with Crippen molar-refractivity contribution in [1.29, 1.82) is 0 Å². The number of carboxylic acid groups (broad SMARTS) is 2. The summed E-state index contributed by atoms with van der Waals surface area (Å²) in [4.78, 5) is 82.0. The Hall–Kier alpha value is -6.26. The zero-order valence-electron chi connectivity index (χ0n) is 30.5. The number of nitrogens with zero attached hydrogens (tertiary/aromatic N) is 4. The molecule has 4 aromatic rings. The molecule has 3 atom stereocenters. The number of ketones is 1. The van der Waals surface area contributed by atoms with Gasteiger partial charge in [-0.15, -0.1) is 22.7 Å². The molecule has 1 aliphatic rings. The molecule has 0 bridgehead atoms. The van der Waals surface area contributed by atoms with E-state index in [9.17, 15) is 44.0 Å². The van der Waals surface area contributed by atoms with Crippen molar-refractivity contribution in [2.45, 2.75) is 37.3 Å². The molecule has 0 spiro atoms. The van der Waals surface area contributed by atoms with E-state index in [4.69, 9.17) is 15.1 Å². The minimum absolute atomic E-state index is 0.0506. The molecule has 5 rings (SSSR count). The van der Waals surface area contributed by atoms with Crippen molar-refractivity contribution in [3.05, 3.63) is 87.4 Å². The van der Waals surface area contributed by atoms with Crippen molar-refractivity contribution in [3.8, 4) is 5.75 Å². The summed E-state index contributed by atoms with van der Waals surface area (Å²) in [6.07, 6.45) is -0.580. The number of thiazole rings is 2. The van der Waals surface area contributed by atoms with Crippen LogP contribution in [0.4, 0.5) is 24.6 Å². The first-order valence-corrected chi connectivity index (χ1v) is 18.3. The highest BCUT2D eigenvalue weighted by atomic mass is 32.1. The number of rotatable bonds is 12. The Morgan fingerprint density at radius 3 is 2.12 bits per heavy atom. The smallest absolute Gasteiger partial charge is 0.526 e. The summed E-state index contributed by atoms with van der Waals surface area (Å²) in [6, 6.07) is 10.4. The number of amides is 5. The van der Waals surface area contributed by atoms with E-state index in [2.05, 4.69) is 25.9 Å². The van der Waals surface area contributed by atoms with Crippen LogP contribution in [0.1, 0.15) is 51.4 Å². The third-order valence-electron chi connectivity index (χ3n) is 7.91. The molecule has 296 valence electrons. The number of para-hydroxylation sites is 1. The molecular weight excluding hydrogens is 771 g/mol. The van der Waals surface area contributed by atoms with E-state index >= 15 is 0 Å². The molecule has 5 amide bonds. The van der Waals surface area contributed by atoms with Gasteiger partial charge in [-0.3, -0.25) is 10.1 Å². The number of ether oxygens (including phenoxy) is 1. The van der Waals surface area contributed by atoms with E-state index in [-0.39, 0.29) is 52.5 Å². The number of urea groups is 2. The van der Waals surface area contributed by atoms with Crippen LogP contribution in [0.15, 0.2) is 59.3 Å². The number of benzene rings is 2. The third kappa shape index (κ3) is 11.6. The molecule has 0 radical (unpaired) electrons. The van der Waals surface area contributed by atoms with E-state index in [1.807, 2.05) is 30.3 Å². The second-order valence-electron chi connectivity index (χ2n) is 12.5. The number of aromatic carboxylic acids is 1. The number of nitrogens with two attached hydrogens (primary N) is 1. The molecule has 19 nitrogen and oxygen atoms in total. The van der Waals surface area contributed by atoms with E-state index < -0.39 is 55.1 Å². The molecule has 2 unspecified atom stereocenters. The van der Waals surface area contributed by atoms with E-state index in [0.29, 0.717) is 11.3 Å². The number of carbonyl (C=O) groups is 6. The maximum Gasteiger partial charge on any atom is 0.526 e. The number of anilines is 2. The van der Waals surface area contributed by atoms with Gasteiger partial charge >= 0.3 is 37.2 Å². The average Bonchev–Trinajstić information content (AvgIpc) is 3.80. The van der Waals surface area contributed by atoms with Crippen molar-refractivity contribution < 1.29 is 53.4 Å². The first-order chi connectivity index (χ1) is 26.5. The van der Waals surface area contributed by atoms with Gasteiger partial charge in [0.15, 0.2) is 22.1 Å². The highest BCUT2D eigenvalue weighted by molar-refractivity contribution is 7.14. The quantitative estimate of drug-likeness (QED) is 0.101. The van der Waals surface area contributed by atoms with Crippen molar-refractivity contribution in [1.82, 2.24) is 30.4 Å².